The van der Waals surface area contributed by atoms with Crippen molar-refractivity contribution in [1.29, 1.82) is 0 Å². The molecule has 2 unspecified atom stereocenters. The highest BCUT2D eigenvalue weighted by atomic mass is 32.2. The Hall–Kier alpha value is -2.91. The second-order valence-electron chi connectivity index (χ2n) is 5.54. The first-order valence-corrected chi connectivity index (χ1v) is 8.66. The minimum atomic E-state index is -0.902. The van der Waals surface area contributed by atoms with Gasteiger partial charge in [-0.2, -0.15) is 0 Å². The van der Waals surface area contributed by atoms with Crippen LogP contribution >= 0.6 is 11.8 Å². The Labute approximate surface area is 152 Å². The first-order valence-electron chi connectivity index (χ1n) is 7.61. The van der Waals surface area contributed by atoms with Crippen molar-refractivity contribution in [3.63, 3.8) is 0 Å². The number of carboxylic acids is 1. The fraction of sp³-hybridized carbons (Fsp3) is 0.176. The second-order valence-corrected chi connectivity index (χ2v) is 6.67. The number of hydrogen-bond acceptors (Lipinski definition) is 7. The van der Waals surface area contributed by atoms with E-state index >= 15 is 0 Å². The van der Waals surface area contributed by atoms with E-state index in [4.69, 9.17) is 9.84 Å². The molecule has 0 aromatic heterocycles. The molecule has 2 aromatic carbocycles. The molecule has 1 heterocycles. The SMILES string of the molecule is O=C(Oc1cccc(C2NC(C(=O)O)CS2)c1)c1ccc([N+](=O)[O-])cc1. The van der Waals surface area contributed by atoms with Gasteiger partial charge in [0.15, 0.2) is 0 Å². The highest BCUT2D eigenvalue weighted by Gasteiger charge is 2.30. The molecule has 3 rings (SSSR count). The van der Waals surface area contributed by atoms with Gasteiger partial charge in [-0.25, -0.2) is 4.79 Å². The number of aliphatic carboxylic acids is 1. The van der Waals surface area contributed by atoms with E-state index in [-0.39, 0.29) is 16.6 Å². The lowest BCUT2D eigenvalue weighted by atomic mass is 10.2. The molecule has 134 valence electrons. The number of thioether (sulfide) groups is 1. The van der Waals surface area contributed by atoms with Crippen LogP contribution in [0.4, 0.5) is 5.69 Å². The van der Waals surface area contributed by atoms with Crippen LogP contribution in [-0.2, 0) is 4.79 Å². The molecule has 0 saturated carbocycles. The number of nitro benzene ring substituents is 1. The maximum absolute atomic E-state index is 12.2. The maximum atomic E-state index is 12.2. The van der Waals surface area contributed by atoms with Gasteiger partial charge in [0.25, 0.3) is 5.69 Å². The fourth-order valence-corrected chi connectivity index (χ4v) is 3.66. The molecule has 1 aliphatic heterocycles. The molecule has 0 bridgehead atoms. The molecule has 0 spiro atoms. The first kappa shape index (κ1) is 17.9. The zero-order chi connectivity index (χ0) is 18.7. The molecule has 1 fully saturated rings. The van der Waals surface area contributed by atoms with Gasteiger partial charge in [0.05, 0.1) is 15.9 Å². The number of rotatable bonds is 5. The summed E-state index contributed by atoms with van der Waals surface area (Å²) in [5, 5.41) is 22.5. The van der Waals surface area contributed by atoms with Crippen molar-refractivity contribution in [2.24, 2.45) is 0 Å². The monoisotopic (exact) mass is 374 g/mol. The van der Waals surface area contributed by atoms with E-state index in [9.17, 15) is 19.7 Å². The Morgan fingerprint density at radius 1 is 1.23 bits per heavy atom. The summed E-state index contributed by atoms with van der Waals surface area (Å²) >= 11 is 1.46. The van der Waals surface area contributed by atoms with Crippen molar-refractivity contribution >= 4 is 29.4 Å². The number of carbonyl (C=O) groups is 2. The normalized spacial score (nSPS) is 19.1. The van der Waals surface area contributed by atoms with Gasteiger partial charge in [-0.15, -0.1) is 11.8 Å². The van der Waals surface area contributed by atoms with Crippen molar-refractivity contribution in [2.45, 2.75) is 11.4 Å². The lowest BCUT2D eigenvalue weighted by molar-refractivity contribution is -0.384. The molecule has 2 atom stereocenters. The van der Waals surface area contributed by atoms with Crippen molar-refractivity contribution in [1.82, 2.24) is 5.32 Å². The molecule has 2 aromatic rings. The predicted molar refractivity (Wildman–Crippen MR) is 94.3 cm³/mol. The third-order valence-electron chi connectivity index (χ3n) is 3.77. The first-order chi connectivity index (χ1) is 12.4. The molecular formula is C17H14N2O6S. The molecule has 2 N–H and O–H groups in total. The number of nitrogens with one attached hydrogen (secondary N) is 1. The van der Waals surface area contributed by atoms with Crippen LogP contribution in [0.15, 0.2) is 48.5 Å². The van der Waals surface area contributed by atoms with E-state index in [1.807, 2.05) is 6.07 Å². The minimum absolute atomic E-state index is 0.110. The summed E-state index contributed by atoms with van der Waals surface area (Å²) in [6.07, 6.45) is 0. The summed E-state index contributed by atoms with van der Waals surface area (Å²) in [6.45, 7) is 0. The molecule has 26 heavy (non-hydrogen) atoms. The molecule has 0 aliphatic carbocycles. The second kappa shape index (κ2) is 7.54. The van der Waals surface area contributed by atoms with E-state index < -0.39 is 22.9 Å². The molecular weight excluding hydrogens is 360 g/mol. The summed E-state index contributed by atoms with van der Waals surface area (Å²) in [7, 11) is 0. The number of carboxylic acid groups (broad SMARTS) is 1. The summed E-state index contributed by atoms with van der Waals surface area (Å²) in [5.74, 6) is -0.771. The van der Waals surface area contributed by atoms with Crippen LogP contribution in [-0.4, -0.2) is 33.8 Å². The topological polar surface area (TPSA) is 119 Å². The van der Waals surface area contributed by atoms with E-state index in [1.165, 1.54) is 36.0 Å². The van der Waals surface area contributed by atoms with Crippen LogP contribution in [0.1, 0.15) is 21.3 Å². The van der Waals surface area contributed by atoms with Crippen molar-refractivity contribution in [2.75, 3.05) is 5.75 Å². The van der Waals surface area contributed by atoms with Crippen LogP contribution in [0.5, 0.6) is 5.75 Å². The fourth-order valence-electron chi connectivity index (χ4n) is 2.43. The summed E-state index contributed by atoms with van der Waals surface area (Å²) in [6, 6.07) is 11.3. The molecule has 8 nitrogen and oxygen atoms in total. The number of esters is 1. The van der Waals surface area contributed by atoms with Crippen molar-refractivity contribution < 1.29 is 24.4 Å². The van der Waals surface area contributed by atoms with Crippen molar-refractivity contribution in [3.8, 4) is 5.75 Å². The van der Waals surface area contributed by atoms with Gasteiger partial charge in [-0.05, 0) is 29.8 Å². The van der Waals surface area contributed by atoms with Gasteiger partial charge < -0.3 is 9.84 Å². The lowest BCUT2D eigenvalue weighted by Crippen LogP contribution is -2.33. The van der Waals surface area contributed by atoms with Gasteiger partial charge in [0.2, 0.25) is 0 Å². The number of benzene rings is 2. The maximum Gasteiger partial charge on any atom is 0.343 e. The average molecular weight is 374 g/mol. The van der Waals surface area contributed by atoms with E-state index in [0.717, 1.165) is 5.56 Å². The minimum Gasteiger partial charge on any atom is -0.480 e. The van der Waals surface area contributed by atoms with Gasteiger partial charge in [0.1, 0.15) is 11.8 Å². The molecule has 0 amide bonds. The van der Waals surface area contributed by atoms with Crippen LogP contribution in [0.2, 0.25) is 0 Å². The van der Waals surface area contributed by atoms with E-state index in [1.54, 1.807) is 18.2 Å². The largest absolute Gasteiger partial charge is 0.480 e. The molecule has 9 heteroatoms. The Morgan fingerprint density at radius 3 is 2.58 bits per heavy atom. The summed E-state index contributed by atoms with van der Waals surface area (Å²) in [4.78, 5) is 33.3. The van der Waals surface area contributed by atoms with Crippen LogP contribution < -0.4 is 10.1 Å². The van der Waals surface area contributed by atoms with Gasteiger partial charge in [0, 0.05) is 17.9 Å². The smallest absolute Gasteiger partial charge is 0.343 e. The number of non-ortho nitro benzene ring substituents is 1. The van der Waals surface area contributed by atoms with E-state index in [2.05, 4.69) is 5.32 Å². The number of nitro groups is 1. The highest BCUT2D eigenvalue weighted by molar-refractivity contribution is 7.99. The summed E-state index contributed by atoms with van der Waals surface area (Å²) < 4.78 is 5.31. The number of hydrogen-bond donors (Lipinski definition) is 2. The zero-order valence-electron chi connectivity index (χ0n) is 13.3. The number of carbonyl (C=O) groups excluding carboxylic acids is 1. The Kier molecular flexibility index (Phi) is 5.19. The number of nitrogens with zero attached hydrogens (tertiary/aromatic N) is 1. The Bertz CT molecular complexity index is 855. The van der Waals surface area contributed by atoms with Crippen LogP contribution in [0.3, 0.4) is 0 Å². The third kappa shape index (κ3) is 4.01. The highest BCUT2D eigenvalue weighted by Crippen LogP contribution is 2.34. The van der Waals surface area contributed by atoms with Gasteiger partial charge in [-0.3, -0.25) is 20.2 Å². The van der Waals surface area contributed by atoms with E-state index in [0.29, 0.717) is 11.5 Å². The molecule has 1 aliphatic rings. The van der Waals surface area contributed by atoms with Crippen LogP contribution in [0.25, 0.3) is 0 Å². The van der Waals surface area contributed by atoms with Crippen LogP contribution in [0, 0.1) is 10.1 Å². The van der Waals surface area contributed by atoms with Gasteiger partial charge in [-0.1, -0.05) is 12.1 Å². The number of ether oxygens (including phenoxy) is 1. The quantitative estimate of drug-likeness (QED) is 0.355. The van der Waals surface area contributed by atoms with Gasteiger partial charge >= 0.3 is 11.9 Å². The zero-order valence-corrected chi connectivity index (χ0v) is 14.1. The Morgan fingerprint density at radius 2 is 1.96 bits per heavy atom. The molecule has 0 radical (unpaired) electrons. The molecule has 1 saturated heterocycles. The Balaban J connectivity index is 1.69. The standard InChI is InChI=1S/C17H14N2O6S/c20-16(21)14-9-26-15(18-14)11-2-1-3-13(8-11)25-17(22)10-4-6-12(7-5-10)19(23)24/h1-8,14-15,18H,9H2,(H,20,21). The van der Waals surface area contributed by atoms with Crippen molar-refractivity contribution in [3.05, 3.63) is 69.8 Å². The summed E-state index contributed by atoms with van der Waals surface area (Å²) in [5.41, 5.74) is 0.883. The average Bonchev–Trinajstić information content (AvgIpc) is 3.12. The third-order valence-corrected chi connectivity index (χ3v) is 5.03. The lowest BCUT2D eigenvalue weighted by Gasteiger charge is -2.12. The predicted octanol–water partition coefficient (Wildman–Crippen LogP) is 2.60.